The van der Waals surface area contributed by atoms with E-state index in [0.717, 1.165) is 27.6 Å². The smallest absolute Gasteiger partial charge is 0.244 e. The molecule has 1 N–H and O–H groups in total. The molecule has 3 atom stereocenters. The SMILES string of the molecule is C/C=C/c1ccccc1[C@@H]1[C@H](C#N)N(S(=O)(=O)c2cccc(F)c2)[C@H]1CO. The van der Waals surface area contributed by atoms with E-state index in [9.17, 15) is 23.2 Å². The second-order valence-electron chi connectivity index (χ2n) is 6.27. The molecule has 0 radical (unpaired) electrons. The lowest BCUT2D eigenvalue weighted by molar-refractivity contribution is 0.0556. The summed E-state index contributed by atoms with van der Waals surface area (Å²) in [6, 6.07) is 12.3. The number of hydrogen-bond acceptors (Lipinski definition) is 4. The van der Waals surface area contributed by atoms with Crippen LogP contribution < -0.4 is 0 Å². The van der Waals surface area contributed by atoms with E-state index in [1.807, 2.05) is 49.4 Å². The highest BCUT2D eigenvalue weighted by Gasteiger charge is 2.55. The van der Waals surface area contributed by atoms with Crippen LogP contribution in [0.3, 0.4) is 0 Å². The van der Waals surface area contributed by atoms with Crippen LogP contribution in [-0.4, -0.2) is 36.5 Å². The lowest BCUT2D eigenvalue weighted by atomic mass is 9.76. The first-order valence-corrected chi connectivity index (χ1v) is 9.91. The van der Waals surface area contributed by atoms with E-state index >= 15 is 0 Å². The lowest BCUT2D eigenvalue weighted by Gasteiger charge is -2.50. The predicted molar refractivity (Wildman–Crippen MR) is 99.6 cm³/mol. The highest BCUT2D eigenvalue weighted by Crippen LogP contribution is 2.45. The van der Waals surface area contributed by atoms with Gasteiger partial charge < -0.3 is 5.11 Å². The average molecular weight is 386 g/mol. The van der Waals surface area contributed by atoms with Crippen molar-refractivity contribution in [3.8, 4) is 6.07 Å². The van der Waals surface area contributed by atoms with Crippen LogP contribution in [0.25, 0.3) is 6.08 Å². The molecular weight excluding hydrogens is 367 g/mol. The topological polar surface area (TPSA) is 81.4 Å². The van der Waals surface area contributed by atoms with E-state index in [2.05, 4.69) is 0 Å². The normalized spacial score (nSPS) is 23.1. The first kappa shape index (κ1) is 19.2. The molecule has 1 heterocycles. The number of nitrogens with zero attached hydrogens (tertiary/aromatic N) is 2. The van der Waals surface area contributed by atoms with Gasteiger partial charge in [-0.05, 0) is 36.2 Å². The van der Waals surface area contributed by atoms with Gasteiger partial charge in [0.2, 0.25) is 10.0 Å². The van der Waals surface area contributed by atoms with Crippen LogP contribution in [0.5, 0.6) is 0 Å². The quantitative estimate of drug-likeness (QED) is 0.857. The number of aliphatic hydroxyl groups excluding tert-OH is 1. The van der Waals surface area contributed by atoms with Gasteiger partial charge in [0.15, 0.2) is 0 Å². The van der Waals surface area contributed by atoms with E-state index in [1.54, 1.807) is 0 Å². The number of allylic oxidation sites excluding steroid dienone is 1. The van der Waals surface area contributed by atoms with Gasteiger partial charge in [-0.2, -0.15) is 9.57 Å². The fourth-order valence-corrected chi connectivity index (χ4v) is 5.35. The van der Waals surface area contributed by atoms with E-state index in [0.29, 0.717) is 0 Å². The molecule has 3 rings (SSSR count). The standard InChI is InChI=1S/C20H19FN2O3S/c1-2-6-14-7-3-4-10-17(14)20-18(12-22)23(19(20)13-24)27(25,26)16-9-5-8-15(21)11-16/h2-11,18-20,24H,13H2,1H3/b6-2+/t18-,19-,20+/m0/s1. The van der Waals surface area contributed by atoms with Crippen LogP contribution in [0, 0.1) is 17.1 Å². The number of hydrogen-bond donors (Lipinski definition) is 1. The summed E-state index contributed by atoms with van der Waals surface area (Å²) in [5, 5.41) is 19.5. The van der Waals surface area contributed by atoms with Gasteiger partial charge in [-0.25, -0.2) is 12.8 Å². The minimum Gasteiger partial charge on any atom is -0.395 e. The summed E-state index contributed by atoms with van der Waals surface area (Å²) in [6.07, 6.45) is 3.73. The number of benzene rings is 2. The molecule has 2 aromatic carbocycles. The van der Waals surface area contributed by atoms with Crippen molar-refractivity contribution in [2.24, 2.45) is 0 Å². The molecule has 0 aromatic heterocycles. The molecule has 27 heavy (non-hydrogen) atoms. The molecule has 7 heteroatoms. The van der Waals surface area contributed by atoms with Crippen LogP contribution >= 0.6 is 0 Å². The Hall–Kier alpha value is -2.53. The van der Waals surface area contributed by atoms with Gasteiger partial charge in [-0.15, -0.1) is 0 Å². The number of nitriles is 1. The van der Waals surface area contributed by atoms with E-state index in [1.165, 1.54) is 12.1 Å². The summed E-state index contributed by atoms with van der Waals surface area (Å²) >= 11 is 0. The van der Waals surface area contributed by atoms with Gasteiger partial charge in [0.1, 0.15) is 11.9 Å². The minimum absolute atomic E-state index is 0.235. The maximum absolute atomic E-state index is 13.5. The van der Waals surface area contributed by atoms with Gasteiger partial charge in [-0.1, -0.05) is 42.5 Å². The third kappa shape index (κ3) is 3.28. The molecule has 1 saturated heterocycles. The maximum Gasteiger partial charge on any atom is 0.244 e. The van der Waals surface area contributed by atoms with E-state index in [-0.39, 0.29) is 4.90 Å². The molecule has 2 aromatic rings. The van der Waals surface area contributed by atoms with Crippen molar-refractivity contribution in [1.29, 1.82) is 5.26 Å². The van der Waals surface area contributed by atoms with Crippen LogP contribution in [0.1, 0.15) is 24.0 Å². The monoisotopic (exact) mass is 386 g/mol. The lowest BCUT2D eigenvalue weighted by Crippen LogP contribution is -2.65. The zero-order valence-corrected chi connectivity index (χ0v) is 15.5. The van der Waals surface area contributed by atoms with Crippen molar-refractivity contribution in [2.75, 3.05) is 6.61 Å². The fraction of sp³-hybridized carbons (Fsp3) is 0.250. The van der Waals surface area contributed by atoms with Crippen LogP contribution in [-0.2, 0) is 10.0 Å². The van der Waals surface area contributed by atoms with Gasteiger partial charge in [0.25, 0.3) is 0 Å². The molecule has 140 valence electrons. The molecule has 0 amide bonds. The van der Waals surface area contributed by atoms with Crippen LogP contribution in [0.2, 0.25) is 0 Å². The predicted octanol–water partition coefficient (Wildman–Crippen LogP) is 2.90. The van der Waals surface area contributed by atoms with E-state index < -0.39 is 40.4 Å². The van der Waals surface area contributed by atoms with Crippen molar-refractivity contribution in [1.82, 2.24) is 4.31 Å². The summed E-state index contributed by atoms with van der Waals surface area (Å²) in [5.41, 5.74) is 1.67. The molecule has 5 nitrogen and oxygen atoms in total. The largest absolute Gasteiger partial charge is 0.395 e. The van der Waals surface area contributed by atoms with E-state index in [4.69, 9.17) is 0 Å². The molecule has 0 aliphatic carbocycles. The average Bonchev–Trinajstić information content (AvgIpc) is 2.63. The molecule has 0 bridgehead atoms. The molecular formula is C20H19FN2O3S. The maximum atomic E-state index is 13.5. The zero-order chi connectivity index (χ0) is 19.6. The van der Waals surface area contributed by atoms with Gasteiger partial charge in [0, 0.05) is 5.92 Å². The fourth-order valence-electron chi connectivity index (χ4n) is 3.56. The summed E-state index contributed by atoms with van der Waals surface area (Å²) in [5.74, 6) is -1.16. The van der Waals surface area contributed by atoms with Gasteiger partial charge in [0.05, 0.1) is 23.6 Å². The Morgan fingerprint density at radius 1 is 1.26 bits per heavy atom. The molecule has 0 unspecified atom stereocenters. The highest BCUT2D eigenvalue weighted by molar-refractivity contribution is 7.89. The Morgan fingerprint density at radius 3 is 2.63 bits per heavy atom. The Kier molecular flexibility index (Phi) is 5.42. The van der Waals surface area contributed by atoms with Crippen LogP contribution in [0.4, 0.5) is 4.39 Å². The van der Waals surface area contributed by atoms with Crippen molar-refractivity contribution in [2.45, 2.75) is 29.8 Å². The van der Waals surface area contributed by atoms with Crippen molar-refractivity contribution < 1.29 is 17.9 Å². The molecule has 0 saturated carbocycles. The van der Waals surface area contributed by atoms with Gasteiger partial charge >= 0.3 is 0 Å². The van der Waals surface area contributed by atoms with Crippen molar-refractivity contribution in [3.63, 3.8) is 0 Å². The van der Waals surface area contributed by atoms with Crippen molar-refractivity contribution in [3.05, 3.63) is 71.6 Å². The minimum atomic E-state index is -4.12. The zero-order valence-electron chi connectivity index (χ0n) is 14.7. The first-order chi connectivity index (χ1) is 13.0. The molecule has 0 spiro atoms. The number of halogens is 1. The van der Waals surface area contributed by atoms with Crippen molar-refractivity contribution >= 4 is 16.1 Å². The van der Waals surface area contributed by atoms with Crippen LogP contribution in [0.15, 0.2) is 59.5 Å². The number of aliphatic hydroxyl groups is 1. The Labute approximate surface area is 158 Å². The Morgan fingerprint density at radius 2 is 2.00 bits per heavy atom. The third-order valence-electron chi connectivity index (χ3n) is 4.75. The van der Waals surface area contributed by atoms with Gasteiger partial charge in [-0.3, -0.25) is 0 Å². The number of rotatable bonds is 5. The molecule has 1 aliphatic rings. The second-order valence-corrected chi connectivity index (χ2v) is 8.11. The summed E-state index contributed by atoms with van der Waals surface area (Å²) < 4.78 is 40.5. The summed E-state index contributed by atoms with van der Waals surface area (Å²) in [4.78, 5) is -0.235. The summed E-state index contributed by atoms with van der Waals surface area (Å²) in [7, 11) is -4.12. The highest BCUT2D eigenvalue weighted by atomic mass is 32.2. The first-order valence-electron chi connectivity index (χ1n) is 8.47. The number of sulfonamides is 1. The molecule has 1 aliphatic heterocycles. The second kappa shape index (κ2) is 7.61. The molecule has 1 fully saturated rings. The summed E-state index contributed by atoms with van der Waals surface area (Å²) in [6.45, 7) is 1.42. The Balaban J connectivity index is 2.05. The Bertz CT molecular complexity index is 1010. The third-order valence-corrected chi connectivity index (χ3v) is 6.65.